The Morgan fingerprint density at radius 3 is 2.58 bits per heavy atom. The van der Waals surface area contributed by atoms with Crippen LogP contribution in [0.5, 0.6) is 5.75 Å². The van der Waals surface area contributed by atoms with Crippen molar-refractivity contribution < 1.29 is 14.3 Å². The topological polar surface area (TPSA) is 75.4 Å². The Kier molecular flexibility index (Phi) is 5.91. The summed E-state index contributed by atoms with van der Waals surface area (Å²) >= 11 is 3.29. The summed E-state index contributed by atoms with van der Waals surface area (Å²) in [5, 5.41) is 12.5. The van der Waals surface area contributed by atoms with E-state index in [2.05, 4.69) is 52.2 Å². The number of fused-ring (bicyclic) bond motifs is 1. The van der Waals surface area contributed by atoms with Crippen LogP contribution in [0.2, 0.25) is 0 Å². The molecule has 0 spiro atoms. The molecule has 0 aliphatic carbocycles. The summed E-state index contributed by atoms with van der Waals surface area (Å²) in [4.78, 5) is 16.8. The number of rotatable bonds is 5. The van der Waals surface area contributed by atoms with Crippen LogP contribution in [0.4, 0.5) is 5.69 Å². The highest BCUT2D eigenvalue weighted by molar-refractivity contribution is 9.10. The fourth-order valence-electron chi connectivity index (χ4n) is 3.12. The molecule has 1 aromatic heterocycles. The molecule has 4 aromatic rings. The van der Waals surface area contributed by atoms with Gasteiger partial charge in [0.2, 0.25) is 11.8 Å². The first-order valence-corrected chi connectivity index (χ1v) is 10.7. The van der Waals surface area contributed by atoms with Crippen molar-refractivity contribution in [2.45, 2.75) is 19.8 Å². The number of aromatic hydroxyl groups is 1. The van der Waals surface area contributed by atoms with Gasteiger partial charge in [0.1, 0.15) is 11.3 Å². The number of hydrogen-bond donors (Lipinski definition) is 2. The molecular weight excluding hydrogens is 456 g/mol. The van der Waals surface area contributed by atoms with Crippen LogP contribution >= 0.6 is 15.9 Å². The summed E-state index contributed by atoms with van der Waals surface area (Å²) in [6.45, 7) is 4.30. The number of phenols is 1. The lowest BCUT2D eigenvalue weighted by molar-refractivity contribution is -0.111. The molecule has 0 saturated heterocycles. The maximum atomic E-state index is 12.3. The average molecular weight is 477 g/mol. The van der Waals surface area contributed by atoms with Crippen molar-refractivity contribution in [2.24, 2.45) is 0 Å². The second kappa shape index (κ2) is 8.78. The maximum Gasteiger partial charge on any atom is 0.248 e. The number of amides is 1. The zero-order chi connectivity index (χ0) is 22.0. The third-order valence-electron chi connectivity index (χ3n) is 4.88. The normalized spacial score (nSPS) is 11.5. The van der Waals surface area contributed by atoms with E-state index in [0.717, 1.165) is 11.1 Å². The van der Waals surface area contributed by atoms with Gasteiger partial charge in [0.25, 0.3) is 0 Å². The number of benzene rings is 3. The molecule has 0 radical (unpaired) electrons. The Balaban J connectivity index is 1.48. The van der Waals surface area contributed by atoms with Crippen LogP contribution in [0, 0.1) is 0 Å². The molecule has 2 N–H and O–H groups in total. The summed E-state index contributed by atoms with van der Waals surface area (Å²) in [5.41, 5.74) is 4.84. The summed E-state index contributed by atoms with van der Waals surface area (Å²) in [6, 6.07) is 18.5. The molecule has 0 fully saturated rings. The largest absolute Gasteiger partial charge is 0.507 e. The molecule has 0 unspecified atom stereocenters. The Hall–Kier alpha value is -3.38. The van der Waals surface area contributed by atoms with Crippen LogP contribution in [0.25, 0.3) is 28.6 Å². The van der Waals surface area contributed by atoms with Crippen molar-refractivity contribution in [3.8, 4) is 17.2 Å². The van der Waals surface area contributed by atoms with E-state index in [0.29, 0.717) is 33.1 Å². The number of aromatic nitrogens is 1. The van der Waals surface area contributed by atoms with Gasteiger partial charge in [-0.3, -0.25) is 4.79 Å². The van der Waals surface area contributed by atoms with E-state index < -0.39 is 0 Å². The minimum absolute atomic E-state index is 0.147. The van der Waals surface area contributed by atoms with E-state index in [1.807, 2.05) is 12.1 Å². The molecule has 6 heteroatoms. The molecule has 0 aliphatic heterocycles. The predicted octanol–water partition coefficient (Wildman–Crippen LogP) is 6.74. The van der Waals surface area contributed by atoms with Crippen molar-refractivity contribution in [1.29, 1.82) is 0 Å². The van der Waals surface area contributed by atoms with Gasteiger partial charge in [-0.1, -0.05) is 38.1 Å². The van der Waals surface area contributed by atoms with Crippen LogP contribution in [0.3, 0.4) is 0 Å². The van der Waals surface area contributed by atoms with Crippen LogP contribution in [-0.2, 0) is 4.79 Å². The fraction of sp³-hybridized carbons (Fsp3) is 0.120. The first kappa shape index (κ1) is 20.9. The summed E-state index contributed by atoms with van der Waals surface area (Å²) in [7, 11) is 0. The Morgan fingerprint density at radius 1 is 1.10 bits per heavy atom. The molecule has 4 rings (SSSR count). The second-order valence-electron chi connectivity index (χ2n) is 7.51. The van der Waals surface area contributed by atoms with Crippen LogP contribution in [0.15, 0.2) is 75.6 Å². The van der Waals surface area contributed by atoms with Gasteiger partial charge in [-0.15, -0.1) is 0 Å². The lowest BCUT2D eigenvalue weighted by Gasteiger charge is -2.04. The molecule has 1 amide bonds. The minimum atomic E-state index is -0.224. The van der Waals surface area contributed by atoms with Crippen molar-refractivity contribution in [3.63, 3.8) is 0 Å². The Morgan fingerprint density at radius 2 is 1.87 bits per heavy atom. The van der Waals surface area contributed by atoms with Gasteiger partial charge in [-0.2, -0.15) is 0 Å². The predicted molar refractivity (Wildman–Crippen MR) is 127 cm³/mol. The van der Waals surface area contributed by atoms with Gasteiger partial charge in [0.15, 0.2) is 5.58 Å². The number of carbonyl (C=O) groups excluding carboxylic acids is 1. The molecule has 0 atom stereocenters. The molecule has 1 heterocycles. The Bertz CT molecular complexity index is 1270. The lowest BCUT2D eigenvalue weighted by atomic mass is 10.0. The van der Waals surface area contributed by atoms with Crippen LogP contribution < -0.4 is 5.32 Å². The van der Waals surface area contributed by atoms with Gasteiger partial charge < -0.3 is 14.8 Å². The van der Waals surface area contributed by atoms with E-state index in [1.54, 1.807) is 42.5 Å². The number of nitrogens with zero attached hydrogens (tertiary/aromatic N) is 1. The monoisotopic (exact) mass is 476 g/mol. The standard InChI is InChI=1S/C25H21BrN2O3/c1-15(2)17-6-3-16(4-7-17)5-12-24(30)27-19-9-11-23-21(14-19)28-25(31-23)18-8-10-22(29)20(26)13-18/h3-15,29H,1-2H3,(H,27,30). The highest BCUT2D eigenvalue weighted by atomic mass is 79.9. The van der Waals surface area contributed by atoms with Gasteiger partial charge in [-0.25, -0.2) is 4.98 Å². The lowest BCUT2D eigenvalue weighted by Crippen LogP contribution is -2.07. The van der Waals surface area contributed by atoms with Crippen molar-refractivity contribution in [1.82, 2.24) is 4.98 Å². The number of halogens is 1. The van der Waals surface area contributed by atoms with E-state index in [1.165, 1.54) is 11.6 Å². The molecule has 5 nitrogen and oxygen atoms in total. The summed E-state index contributed by atoms with van der Waals surface area (Å²) < 4.78 is 6.36. The molecule has 0 saturated carbocycles. The van der Waals surface area contributed by atoms with E-state index in [-0.39, 0.29) is 11.7 Å². The first-order chi connectivity index (χ1) is 14.9. The minimum Gasteiger partial charge on any atom is -0.507 e. The average Bonchev–Trinajstić information content (AvgIpc) is 3.18. The van der Waals surface area contributed by atoms with E-state index in [4.69, 9.17) is 4.42 Å². The van der Waals surface area contributed by atoms with Crippen molar-refractivity contribution in [3.05, 3.63) is 82.3 Å². The number of oxazole rings is 1. The zero-order valence-corrected chi connectivity index (χ0v) is 18.7. The first-order valence-electron chi connectivity index (χ1n) is 9.87. The second-order valence-corrected chi connectivity index (χ2v) is 8.37. The smallest absolute Gasteiger partial charge is 0.248 e. The number of phenolic OH excluding ortho intramolecular Hbond substituents is 1. The highest BCUT2D eigenvalue weighted by Gasteiger charge is 2.11. The number of carbonyl (C=O) groups is 1. The maximum absolute atomic E-state index is 12.3. The zero-order valence-electron chi connectivity index (χ0n) is 17.1. The molecular formula is C25H21BrN2O3. The molecule has 31 heavy (non-hydrogen) atoms. The van der Waals surface area contributed by atoms with Crippen LogP contribution in [0.1, 0.15) is 30.9 Å². The highest BCUT2D eigenvalue weighted by Crippen LogP contribution is 2.31. The van der Waals surface area contributed by atoms with Gasteiger partial charge >= 0.3 is 0 Å². The van der Waals surface area contributed by atoms with Gasteiger partial charge in [0, 0.05) is 17.3 Å². The SMILES string of the molecule is CC(C)c1ccc(C=CC(=O)Nc2ccc3oc(-c4ccc(O)c(Br)c4)nc3c2)cc1. The van der Waals surface area contributed by atoms with Crippen molar-refractivity contribution >= 4 is 44.7 Å². The van der Waals surface area contributed by atoms with Crippen LogP contribution in [-0.4, -0.2) is 16.0 Å². The molecule has 3 aromatic carbocycles. The number of nitrogens with one attached hydrogen (secondary N) is 1. The summed E-state index contributed by atoms with van der Waals surface area (Å²) in [5.74, 6) is 0.833. The van der Waals surface area contributed by atoms with E-state index in [9.17, 15) is 9.90 Å². The number of anilines is 1. The third kappa shape index (κ3) is 4.86. The fourth-order valence-corrected chi connectivity index (χ4v) is 3.50. The summed E-state index contributed by atoms with van der Waals surface area (Å²) in [6.07, 6.45) is 3.30. The molecule has 0 bridgehead atoms. The van der Waals surface area contributed by atoms with E-state index >= 15 is 0 Å². The van der Waals surface area contributed by atoms with Crippen molar-refractivity contribution in [2.75, 3.05) is 5.32 Å². The quantitative estimate of drug-likeness (QED) is 0.312. The number of hydrogen-bond acceptors (Lipinski definition) is 4. The molecule has 0 aliphatic rings. The molecule has 156 valence electrons. The van der Waals surface area contributed by atoms with Gasteiger partial charge in [-0.05, 0) is 75.4 Å². The Labute approximate surface area is 188 Å². The third-order valence-corrected chi connectivity index (χ3v) is 5.52. The van der Waals surface area contributed by atoms with Gasteiger partial charge in [0.05, 0.1) is 4.47 Å².